The Balaban J connectivity index is 1.62. The van der Waals surface area contributed by atoms with Gasteiger partial charge in [-0.2, -0.15) is 0 Å². The third-order valence-electron chi connectivity index (χ3n) is 6.94. The summed E-state index contributed by atoms with van der Waals surface area (Å²) in [5.74, 6) is 0.867. The van der Waals surface area contributed by atoms with Crippen molar-refractivity contribution in [3.05, 3.63) is 23.8 Å². The van der Waals surface area contributed by atoms with Crippen molar-refractivity contribution in [3.8, 4) is 11.5 Å². The molecule has 7 heteroatoms. The van der Waals surface area contributed by atoms with Gasteiger partial charge < -0.3 is 25.2 Å². The smallest absolute Gasteiger partial charge is 0.407 e. The van der Waals surface area contributed by atoms with Crippen molar-refractivity contribution in [1.82, 2.24) is 10.2 Å². The number of phenolic OH excluding ortho intramolecular Hbond substituents is 1. The van der Waals surface area contributed by atoms with Gasteiger partial charge in [0.2, 0.25) is 5.91 Å². The van der Waals surface area contributed by atoms with E-state index in [2.05, 4.69) is 26.1 Å². The van der Waals surface area contributed by atoms with E-state index in [-0.39, 0.29) is 41.5 Å². The first-order valence-electron chi connectivity index (χ1n) is 10.7. The van der Waals surface area contributed by atoms with Crippen LogP contribution in [-0.4, -0.2) is 46.8 Å². The lowest BCUT2D eigenvalue weighted by atomic mass is 9.65. The van der Waals surface area contributed by atoms with Crippen LogP contribution in [0.15, 0.2) is 18.2 Å². The molecular weight excluding hydrogens is 384 g/mol. The highest BCUT2D eigenvalue weighted by Gasteiger charge is 2.50. The molecule has 1 aliphatic heterocycles. The van der Waals surface area contributed by atoms with Crippen molar-refractivity contribution in [1.29, 1.82) is 0 Å². The molecule has 0 radical (unpaired) electrons. The van der Waals surface area contributed by atoms with Crippen LogP contribution in [0, 0.1) is 23.2 Å². The van der Waals surface area contributed by atoms with E-state index >= 15 is 0 Å². The third-order valence-corrected chi connectivity index (χ3v) is 6.94. The number of methoxy groups -OCH3 is 1. The van der Waals surface area contributed by atoms with Crippen molar-refractivity contribution in [2.45, 2.75) is 59.0 Å². The number of hydrogen-bond donors (Lipinski definition) is 3. The molecule has 2 aliphatic rings. The highest BCUT2D eigenvalue weighted by Crippen LogP contribution is 2.45. The molecule has 7 nitrogen and oxygen atoms in total. The van der Waals surface area contributed by atoms with Gasteiger partial charge in [-0.05, 0) is 60.6 Å². The molecule has 2 fully saturated rings. The third kappa shape index (κ3) is 4.65. The van der Waals surface area contributed by atoms with Gasteiger partial charge in [-0.25, -0.2) is 4.79 Å². The van der Waals surface area contributed by atoms with E-state index in [9.17, 15) is 19.8 Å². The molecule has 1 aromatic carbocycles. The molecular formula is C23H34N2O5. The summed E-state index contributed by atoms with van der Waals surface area (Å²) in [7, 11) is 1.48. The average Bonchev–Trinajstić information content (AvgIpc) is 2.66. The number of likely N-dealkylation sites (tertiary alicyclic amines) is 1. The van der Waals surface area contributed by atoms with Crippen LogP contribution in [0.2, 0.25) is 0 Å². The molecule has 1 saturated heterocycles. The van der Waals surface area contributed by atoms with Crippen LogP contribution in [0.1, 0.15) is 52.0 Å². The summed E-state index contributed by atoms with van der Waals surface area (Å²) < 4.78 is 5.11. The highest BCUT2D eigenvalue weighted by atomic mass is 16.5. The molecule has 0 spiro atoms. The molecule has 1 aliphatic carbocycles. The number of aromatic hydroxyl groups is 1. The SMILES string of the molecule is COc1cc(CNC(=O)C2CN(C(=O)O)C2C2CCC(C(C)(C)C)CC2)ccc1O. The van der Waals surface area contributed by atoms with Gasteiger partial charge in [-0.3, -0.25) is 4.79 Å². The summed E-state index contributed by atoms with van der Waals surface area (Å²) in [4.78, 5) is 26.0. The first-order chi connectivity index (χ1) is 14.1. The fraction of sp³-hybridized carbons (Fsp3) is 0.652. The highest BCUT2D eigenvalue weighted by molar-refractivity contribution is 5.83. The number of ether oxygens (including phenoxy) is 1. The standard InChI is InChI=1S/C23H34N2O5/c1-23(2,3)16-8-6-15(7-9-16)20-17(13-25(20)22(28)29)21(27)24-12-14-5-10-18(26)19(11-14)30-4/h5,10-11,15-17,20,26H,6-9,12-13H2,1-4H3,(H,24,27)(H,28,29). The molecule has 2 amide bonds. The van der Waals surface area contributed by atoms with E-state index in [1.54, 1.807) is 12.1 Å². The van der Waals surface area contributed by atoms with Crippen molar-refractivity contribution in [2.24, 2.45) is 23.2 Å². The Hall–Kier alpha value is -2.44. The van der Waals surface area contributed by atoms with E-state index in [1.807, 2.05) is 0 Å². The average molecular weight is 419 g/mol. The largest absolute Gasteiger partial charge is 0.504 e. The first-order valence-corrected chi connectivity index (χ1v) is 10.7. The maximum absolute atomic E-state index is 12.9. The molecule has 3 rings (SSSR count). The van der Waals surface area contributed by atoms with Crippen molar-refractivity contribution >= 4 is 12.0 Å². The number of carboxylic acid groups (broad SMARTS) is 1. The summed E-state index contributed by atoms with van der Waals surface area (Å²) in [6.07, 6.45) is 3.16. The van der Waals surface area contributed by atoms with Gasteiger partial charge in [-0.15, -0.1) is 0 Å². The Labute approximate surface area is 178 Å². The number of hydrogen-bond acceptors (Lipinski definition) is 4. The summed E-state index contributed by atoms with van der Waals surface area (Å²) >= 11 is 0. The summed E-state index contributed by atoms with van der Waals surface area (Å²) in [6, 6.07) is 4.71. The minimum atomic E-state index is -0.940. The predicted molar refractivity (Wildman–Crippen MR) is 113 cm³/mol. The summed E-state index contributed by atoms with van der Waals surface area (Å²) in [5.41, 5.74) is 1.08. The minimum absolute atomic E-state index is 0.0505. The lowest BCUT2D eigenvalue weighted by Gasteiger charge is -2.51. The second kappa shape index (κ2) is 8.74. The molecule has 0 bridgehead atoms. The maximum Gasteiger partial charge on any atom is 0.407 e. The van der Waals surface area contributed by atoms with Crippen LogP contribution in [-0.2, 0) is 11.3 Å². The zero-order chi connectivity index (χ0) is 22.1. The summed E-state index contributed by atoms with van der Waals surface area (Å²) in [5, 5.41) is 22.2. The topological polar surface area (TPSA) is 99.1 Å². The van der Waals surface area contributed by atoms with Crippen LogP contribution < -0.4 is 10.1 Å². The van der Waals surface area contributed by atoms with Crippen molar-refractivity contribution in [2.75, 3.05) is 13.7 Å². The second-order valence-corrected chi connectivity index (χ2v) is 9.73. The molecule has 2 atom stereocenters. The van der Waals surface area contributed by atoms with Crippen LogP contribution in [0.3, 0.4) is 0 Å². The van der Waals surface area contributed by atoms with E-state index in [1.165, 1.54) is 18.1 Å². The fourth-order valence-corrected chi connectivity index (χ4v) is 5.03. The Morgan fingerprint density at radius 2 is 1.87 bits per heavy atom. The van der Waals surface area contributed by atoms with E-state index < -0.39 is 6.09 Å². The zero-order valence-corrected chi connectivity index (χ0v) is 18.4. The van der Waals surface area contributed by atoms with Gasteiger partial charge in [0.1, 0.15) is 0 Å². The number of nitrogens with zero attached hydrogens (tertiary/aromatic N) is 1. The van der Waals surface area contributed by atoms with Crippen LogP contribution in [0.25, 0.3) is 0 Å². The number of rotatable bonds is 5. The van der Waals surface area contributed by atoms with Gasteiger partial charge >= 0.3 is 6.09 Å². The molecule has 1 saturated carbocycles. The number of phenols is 1. The van der Waals surface area contributed by atoms with E-state index in [4.69, 9.17) is 4.74 Å². The molecule has 1 heterocycles. The van der Waals surface area contributed by atoms with Crippen LogP contribution in [0.4, 0.5) is 4.79 Å². The fourth-order valence-electron chi connectivity index (χ4n) is 5.03. The molecule has 30 heavy (non-hydrogen) atoms. The Morgan fingerprint density at radius 1 is 1.20 bits per heavy atom. The molecule has 1 aromatic rings. The van der Waals surface area contributed by atoms with Gasteiger partial charge in [0, 0.05) is 13.1 Å². The number of carbonyl (C=O) groups excluding carboxylic acids is 1. The monoisotopic (exact) mass is 418 g/mol. The molecule has 0 aromatic heterocycles. The second-order valence-electron chi connectivity index (χ2n) is 9.73. The predicted octanol–water partition coefficient (Wildman–Crippen LogP) is 3.85. The lowest BCUT2D eigenvalue weighted by Crippen LogP contribution is -2.65. The Kier molecular flexibility index (Phi) is 6.48. The van der Waals surface area contributed by atoms with Gasteiger partial charge in [-0.1, -0.05) is 26.8 Å². The van der Waals surface area contributed by atoms with E-state index in [0.717, 1.165) is 31.2 Å². The van der Waals surface area contributed by atoms with Gasteiger partial charge in [0.15, 0.2) is 11.5 Å². The van der Waals surface area contributed by atoms with Crippen molar-refractivity contribution in [3.63, 3.8) is 0 Å². The van der Waals surface area contributed by atoms with Crippen LogP contribution in [0.5, 0.6) is 11.5 Å². The van der Waals surface area contributed by atoms with Gasteiger partial charge in [0.25, 0.3) is 0 Å². The van der Waals surface area contributed by atoms with Crippen LogP contribution >= 0.6 is 0 Å². The number of carbonyl (C=O) groups is 2. The Bertz CT molecular complexity index is 780. The summed E-state index contributed by atoms with van der Waals surface area (Å²) in [6.45, 7) is 7.35. The first kappa shape index (κ1) is 22.2. The molecule has 3 N–H and O–H groups in total. The minimum Gasteiger partial charge on any atom is -0.504 e. The number of nitrogens with one attached hydrogen (secondary N) is 1. The molecule has 2 unspecified atom stereocenters. The molecule has 166 valence electrons. The zero-order valence-electron chi connectivity index (χ0n) is 18.4. The van der Waals surface area contributed by atoms with Crippen molar-refractivity contribution < 1.29 is 24.5 Å². The van der Waals surface area contributed by atoms with Gasteiger partial charge in [0.05, 0.1) is 19.1 Å². The number of amides is 2. The Morgan fingerprint density at radius 3 is 2.43 bits per heavy atom. The normalized spacial score (nSPS) is 26.6. The number of benzene rings is 1. The quantitative estimate of drug-likeness (QED) is 0.675. The maximum atomic E-state index is 12.9. The lowest BCUT2D eigenvalue weighted by molar-refractivity contribution is -0.136. The van der Waals surface area contributed by atoms with E-state index in [0.29, 0.717) is 18.2 Å².